The summed E-state index contributed by atoms with van der Waals surface area (Å²) in [6, 6.07) is 3.11. The average molecular weight is 331 g/mol. The molecule has 0 aliphatic heterocycles. The van der Waals surface area contributed by atoms with Crippen molar-refractivity contribution >= 4 is 29.8 Å². The van der Waals surface area contributed by atoms with Crippen molar-refractivity contribution in [1.29, 1.82) is 0 Å². The maximum absolute atomic E-state index is 10.7. The molecule has 22 heavy (non-hydrogen) atoms. The van der Waals surface area contributed by atoms with Gasteiger partial charge in [0.25, 0.3) is 0 Å². The van der Waals surface area contributed by atoms with E-state index in [1.54, 1.807) is 6.07 Å². The number of hydrazone groups is 1. The van der Waals surface area contributed by atoms with Crippen LogP contribution in [-0.4, -0.2) is 60.7 Å². The van der Waals surface area contributed by atoms with Crippen LogP contribution < -0.4 is 9.47 Å². The summed E-state index contributed by atoms with van der Waals surface area (Å²) < 4.78 is 10.2. The molecule has 0 spiro atoms. The van der Waals surface area contributed by atoms with Crippen LogP contribution >= 0.6 is 11.6 Å². The van der Waals surface area contributed by atoms with Gasteiger partial charge in [-0.1, -0.05) is 11.6 Å². The van der Waals surface area contributed by atoms with Crippen LogP contribution in [0.1, 0.15) is 5.56 Å². The van der Waals surface area contributed by atoms with Crippen molar-refractivity contribution in [3.8, 4) is 11.5 Å². The fraction of sp³-hybridized carbons (Fsp3) is 0.308. The molecule has 0 saturated heterocycles. The number of benzene rings is 1. The number of carbonyl (C=O) groups is 2. The first kappa shape index (κ1) is 17.6. The Morgan fingerprint density at radius 1 is 1.23 bits per heavy atom. The van der Waals surface area contributed by atoms with E-state index >= 15 is 0 Å². The van der Waals surface area contributed by atoms with Crippen LogP contribution in [0.15, 0.2) is 17.2 Å². The van der Waals surface area contributed by atoms with E-state index < -0.39 is 25.0 Å². The molecule has 0 atom stereocenters. The van der Waals surface area contributed by atoms with Crippen LogP contribution in [0.25, 0.3) is 0 Å². The average Bonchev–Trinajstić information content (AvgIpc) is 2.42. The monoisotopic (exact) mass is 330 g/mol. The van der Waals surface area contributed by atoms with Gasteiger partial charge < -0.3 is 19.7 Å². The summed E-state index contributed by atoms with van der Waals surface area (Å²) in [6.07, 6.45) is 1.29. The Balaban J connectivity index is 3.01. The lowest BCUT2D eigenvalue weighted by molar-refractivity contribution is -0.141. The van der Waals surface area contributed by atoms with Crippen molar-refractivity contribution in [2.45, 2.75) is 0 Å². The molecule has 0 aromatic heterocycles. The standard InChI is InChI=1S/C13H15ClN2O6/c1-21-10-4-8(3-9(14)13(10)22-2)5-15-16(6-11(17)18)7-12(19)20/h3-5H,6-7H2,1-2H3,(H,17,18)(H,19,20)/b15-5-. The number of carboxylic acids is 2. The molecule has 1 aromatic rings. The molecule has 0 aliphatic carbocycles. The first-order valence-electron chi connectivity index (χ1n) is 6.01. The van der Waals surface area contributed by atoms with Crippen LogP contribution in [0.5, 0.6) is 11.5 Å². The predicted molar refractivity (Wildman–Crippen MR) is 79.0 cm³/mol. The van der Waals surface area contributed by atoms with Crippen molar-refractivity contribution in [2.24, 2.45) is 5.10 Å². The van der Waals surface area contributed by atoms with Gasteiger partial charge in [-0.2, -0.15) is 5.10 Å². The molecule has 0 heterocycles. The lowest BCUT2D eigenvalue weighted by Crippen LogP contribution is -2.30. The highest BCUT2D eigenvalue weighted by atomic mass is 35.5. The third kappa shape index (κ3) is 5.13. The lowest BCUT2D eigenvalue weighted by Gasteiger charge is -2.14. The Kier molecular flexibility index (Phi) is 6.46. The van der Waals surface area contributed by atoms with Crippen molar-refractivity contribution in [1.82, 2.24) is 5.01 Å². The summed E-state index contributed by atoms with van der Waals surface area (Å²) in [6.45, 7) is -1.08. The van der Waals surface area contributed by atoms with Gasteiger partial charge in [0.05, 0.1) is 25.5 Å². The number of aliphatic carboxylic acids is 2. The highest BCUT2D eigenvalue weighted by molar-refractivity contribution is 6.32. The minimum atomic E-state index is -1.19. The normalized spacial score (nSPS) is 10.5. The molecule has 0 fully saturated rings. The molecule has 0 aliphatic rings. The summed E-state index contributed by atoms with van der Waals surface area (Å²) in [4.78, 5) is 21.3. The van der Waals surface area contributed by atoms with E-state index in [0.717, 1.165) is 5.01 Å². The zero-order valence-corrected chi connectivity index (χ0v) is 12.7. The molecular weight excluding hydrogens is 316 g/mol. The minimum Gasteiger partial charge on any atom is -0.493 e. The van der Waals surface area contributed by atoms with Gasteiger partial charge in [-0.15, -0.1) is 0 Å². The van der Waals surface area contributed by atoms with Gasteiger partial charge in [0.15, 0.2) is 11.5 Å². The molecule has 0 radical (unpaired) electrons. The van der Waals surface area contributed by atoms with E-state index in [1.165, 1.54) is 26.5 Å². The van der Waals surface area contributed by atoms with Gasteiger partial charge in [0.1, 0.15) is 13.1 Å². The number of nitrogens with zero attached hydrogens (tertiary/aromatic N) is 2. The second-order valence-corrected chi connectivity index (χ2v) is 4.50. The number of carboxylic acid groups (broad SMARTS) is 2. The Bertz CT molecular complexity index is 574. The van der Waals surface area contributed by atoms with E-state index in [-0.39, 0.29) is 5.02 Å². The van der Waals surface area contributed by atoms with Gasteiger partial charge in [0.2, 0.25) is 0 Å². The van der Waals surface area contributed by atoms with Crippen LogP contribution in [0, 0.1) is 0 Å². The second kappa shape index (κ2) is 8.08. The molecule has 2 N–H and O–H groups in total. The second-order valence-electron chi connectivity index (χ2n) is 4.09. The summed E-state index contributed by atoms with van der Waals surface area (Å²) in [5, 5.41) is 22.5. The van der Waals surface area contributed by atoms with E-state index in [2.05, 4.69) is 5.10 Å². The summed E-state index contributed by atoms with van der Waals surface area (Å²) in [5.74, 6) is -1.65. The van der Waals surface area contributed by atoms with Gasteiger partial charge in [-0.25, -0.2) is 0 Å². The van der Waals surface area contributed by atoms with E-state index in [9.17, 15) is 9.59 Å². The van der Waals surface area contributed by atoms with Crippen LogP contribution in [0.4, 0.5) is 0 Å². The molecule has 120 valence electrons. The quantitative estimate of drug-likeness (QED) is 0.544. The summed E-state index contributed by atoms with van der Waals surface area (Å²) in [5.41, 5.74) is 0.503. The SMILES string of the molecule is COc1cc(/C=N\N(CC(=O)O)CC(=O)O)cc(Cl)c1OC. The molecule has 1 rings (SSSR count). The number of methoxy groups -OCH3 is 2. The van der Waals surface area contributed by atoms with Crippen LogP contribution in [0.3, 0.4) is 0 Å². The molecule has 0 bridgehead atoms. The molecule has 8 nitrogen and oxygen atoms in total. The van der Waals surface area contributed by atoms with Crippen molar-refractivity contribution in [3.05, 3.63) is 22.7 Å². The lowest BCUT2D eigenvalue weighted by atomic mass is 10.2. The van der Waals surface area contributed by atoms with Gasteiger partial charge >= 0.3 is 11.9 Å². The summed E-state index contributed by atoms with van der Waals surface area (Å²) in [7, 11) is 2.88. The topological polar surface area (TPSA) is 109 Å². The Morgan fingerprint density at radius 3 is 2.27 bits per heavy atom. The highest BCUT2D eigenvalue weighted by Gasteiger charge is 2.12. The smallest absolute Gasteiger partial charge is 0.324 e. The number of hydrogen-bond donors (Lipinski definition) is 2. The molecule has 0 amide bonds. The molecule has 1 aromatic carbocycles. The Labute approximate surface area is 131 Å². The molecule has 0 unspecified atom stereocenters. The van der Waals surface area contributed by atoms with Crippen molar-refractivity contribution in [3.63, 3.8) is 0 Å². The van der Waals surface area contributed by atoms with Crippen molar-refractivity contribution < 1.29 is 29.3 Å². The maximum atomic E-state index is 10.7. The molecule has 0 saturated carbocycles. The fourth-order valence-electron chi connectivity index (χ4n) is 1.61. The maximum Gasteiger partial charge on any atom is 0.324 e. The van der Waals surface area contributed by atoms with E-state index in [4.69, 9.17) is 31.3 Å². The highest BCUT2D eigenvalue weighted by Crippen LogP contribution is 2.35. The molecule has 9 heteroatoms. The van der Waals surface area contributed by atoms with Crippen molar-refractivity contribution in [2.75, 3.05) is 27.3 Å². The van der Waals surface area contributed by atoms with Gasteiger partial charge in [-0.3, -0.25) is 14.6 Å². The number of hydrogen-bond acceptors (Lipinski definition) is 6. The largest absolute Gasteiger partial charge is 0.493 e. The number of halogens is 1. The third-order valence-electron chi connectivity index (χ3n) is 2.46. The van der Waals surface area contributed by atoms with Crippen LogP contribution in [0.2, 0.25) is 5.02 Å². The number of rotatable bonds is 8. The van der Waals surface area contributed by atoms with E-state index in [0.29, 0.717) is 17.1 Å². The number of ether oxygens (including phenoxy) is 2. The van der Waals surface area contributed by atoms with Gasteiger partial charge in [-0.05, 0) is 17.7 Å². The Hall–Kier alpha value is -2.48. The minimum absolute atomic E-state index is 0.284. The zero-order chi connectivity index (χ0) is 16.7. The first-order chi connectivity index (χ1) is 10.4. The van der Waals surface area contributed by atoms with Crippen LogP contribution in [-0.2, 0) is 9.59 Å². The zero-order valence-electron chi connectivity index (χ0n) is 11.9. The Morgan fingerprint density at radius 2 is 1.82 bits per heavy atom. The first-order valence-corrected chi connectivity index (χ1v) is 6.39. The predicted octanol–water partition coefficient (Wildman–Crippen LogP) is 1.16. The van der Waals surface area contributed by atoms with Gasteiger partial charge in [0, 0.05) is 0 Å². The van der Waals surface area contributed by atoms with E-state index in [1.807, 2.05) is 0 Å². The fourth-order valence-corrected chi connectivity index (χ4v) is 1.91. The summed E-state index contributed by atoms with van der Waals surface area (Å²) >= 11 is 6.03. The molecular formula is C13H15ClN2O6. The third-order valence-corrected chi connectivity index (χ3v) is 2.74.